The third-order valence-corrected chi connectivity index (χ3v) is 14.7. The minimum atomic E-state index is -4.35. The van der Waals surface area contributed by atoms with Crippen molar-refractivity contribution in [2.75, 3.05) is 39.9 Å². The highest BCUT2D eigenvalue weighted by atomic mass is 32.2. The molecule has 1 saturated heterocycles. The molecule has 1 N–H and O–H groups in total. The van der Waals surface area contributed by atoms with Crippen LogP contribution < -0.4 is 29.5 Å². The van der Waals surface area contributed by atoms with E-state index >= 15 is 4.79 Å². The standard InChI is InChI=1S/C58H55N3O10S/c1-40-16-34-52(35-17-40)72(64,65)71-53-38-51(39-62)70-55(53)60-37-36-54(59-56(60)63)61(57(41-12-8-6-9-13-41,43-18-26-47(66-2)27-19-43)44-20-28-48(67-3)29-21-44)58(42-14-10-7-11-15-42,45-22-30-49(68-4)31-23-45)46-24-32-50(69-5)33-25-46/h6-37,51,53,55,62H,38-39H2,1-5H3/t51-,53-,55+/m0/s1. The molecule has 0 bridgehead atoms. The van der Waals surface area contributed by atoms with Crippen LogP contribution in [0.1, 0.15) is 51.6 Å². The lowest BCUT2D eigenvalue weighted by Crippen LogP contribution is -2.61. The summed E-state index contributed by atoms with van der Waals surface area (Å²) in [5.41, 5.74) is 1.94. The maximum Gasteiger partial charge on any atom is 0.351 e. The summed E-state index contributed by atoms with van der Waals surface area (Å²) in [5, 5.41) is 10.4. The number of aliphatic hydroxyl groups is 1. The molecule has 8 aromatic rings. The average molecular weight is 986 g/mol. The minimum absolute atomic E-state index is 0.0231. The van der Waals surface area contributed by atoms with Gasteiger partial charge in [-0.3, -0.25) is 8.75 Å². The molecular formula is C58H55N3O10S. The number of hydrogen-bond acceptors (Lipinski definition) is 12. The van der Waals surface area contributed by atoms with Crippen molar-refractivity contribution in [2.24, 2.45) is 0 Å². The molecule has 1 aliphatic rings. The zero-order valence-electron chi connectivity index (χ0n) is 40.5. The summed E-state index contributed by atoms with van der Waals surface area (Å²) in [6.07, 6.45) is -1.83. The third kappa shape index (κ3) is 9.09. The second-order valence-electron chi connectivity index (χ2n) is 17.3. The normalized spacial score (nSPS) is 15.9. The molecule has 1 aromatic heterocycles. The van der Waals surface area contributed by atoms with Gasteiger partial charge in [0.1, 0.15) is 46.0 Å². The fraction of sp³-hybridized carbons (Fsp3) is 0.207. The van der Waals surface area contributed by atoms with Gasteiger partial charge in [0.05, 0.1) is 46.0 Å². The van der Waals surface area contributed by atoms with Crippen LogP contribution >= 0.6 is 0 Å². The Morgan fingerprint density at radius 1 is 0.583 bits per heavy atom. The molecule has 1 fully saturated rings. The zero-order chi connectivity index (χ0) is 50.5. The lowest BCUT2D eigenvalue weighted by Gasteiger charge is -2.56. The molecule has 368 valence electrons. The van der Waals surface area contributed by atoms with Crippen LogP contribution in [0.4, 0.5) is 5.82 Å². The molecule has 2 heterocycles. The Balaban J connectivity index is 1.41. The number of hydrogen-bond donors (Lipinski definition) is 1. The fourth-order valence-corrected chi connectivity index (χ4v) is 10.9. The lowest BCUT2D eigenvalue weighted by molar-refractivity contribution is -0.0470. The maximum atomic E-state index is 15.4. The second kappa shape index (κ2) is 20.9. The largest absolute Gasteiger partial charge is 0.497 e. The summed E-state index contributed by atoms with van der Waals surface area (Å²) in [7, 11) is 2.12. The van der Waals surface area contributed by atoms with Crippen molar-refractivity contribution >= 4 is 15.9 Å². The predicted molar refractivity (Wildman–Crippen MR) is 274 cm³/mol. The van der Waals surface area contributed by atoms with E-state index in [4.69, 9.17) is 32.9 Å². The molecule has 3 atom stereocenters. The molecule has 0 unspecified atom stereocenters. The highest BCUT2D eigenvalue weighted by Gasteiger charge is 2.55. The number of ether oxygens (including phenoxy) is 5. The van der Waals surface area contributed by atoms with Crippen LogP contribution in [0.25, 0.3) is 0 Å². The van der Waals surface area contributed by atoms with E-state index < -0.39 is 51.9 Å². The van der Waals surface area contributed by atoms with E-state index in [9.17, 15) is 13.5 Å². The topological polar surface area (TPSA) is 148 Å². The van der Waals surface area contributed by atoms with Gasteiger partial charge < -0.3 is 33.7 Å². The summed E-state index contributed by atoms with van der Waals surface area (Å²) in [6, 6.07) is 59.4. The Labute approximate surface area is 419 Å². The third-order valence-electron chi connectivity index (χ3n) is 13.3. The molecule has 7 aromatic carbocycles. The molecule has 13 nitrogen and oxygen atoms in total. The predicted octanol–water partition coefficient (Wildman–Crippen LogP) is 9.43. The molecule has 1 aliphatic heterocycles. The molecule has 9 rings (SSSR count). The first kappa shape index (κ1) is 49.2. The Morgan fingerprint density at radius 2 is 0.972 bits per heavy atom. The van der Waals surface area contributed by atoms with Crippen molar-refractivity contribution in [1.29, 1.82) is 0 Å². The molecule has 0 aliphatic carbocycles. The van der Waals surface area contributed by atoms with Gasteiger partial charge >= 0.3 is 5.69 Å². The maximum absolute atomic E-state index is 15.4. The van der Waals surface area contributed by atoms with Crippen molar-refractivity contribution < 1.29 is 41.4 Å². The molecule has 72 heavy (non-hydrogen) atoms. The summed E-state index contributed by atoms with van der Waals surface area (Å²) >= 11 is 0. The number of aliphatic hydroxyl groups excluding tert-OH is 1. The van der Waals surface area contributed by atoms with Gasteiger partial charge in [-0.1, -0.05) is 127 Å². The molecule has 0 spiro atoms. The van der Waals surface area contributed by atoms with Crippen molar-refractivity contribution in [3.8, 4) is 23.0 Å². The number of anilines is 1. The summed E-state index contributed by atoms with van der Waals surface area (Å²) < 4.78 is 64.0. The van der Waals surface area contributed by atoms with Crippen LogP contribution in [0.3, 0.4) is 0 Å². The number of aryl methyl sites for hydroxylation is 1. The number of nitrogens with zero attached hydrogens (tertiary/aromatic N) is 3. The highest BCUT2D eigenvalue weighted by molar-refractivity contribution is 7.86. The fourth-order valence-electron chi connectivity index (χ4n) is 9.87. The SMILES string of the molecule is COc1ccc(C(c2ccccc2)(c2ccc(OC)cc2)N(c2ccn([C@@H]3O[C@H](CO)C[C@@H]3OS(=O)(=O)c3ccc(C)cc3)c(=O)n2)C(c2ccccc2)(c2ccc(OC)cc2)c2ccc(OC)cc2)cc1. The van der Waals surface area contributed by atoms with Crippen LogP contribution in [0.15, 0.2) is 204 Å². The Kier molecular flexibility index (Phi) is 14.3. The van der Waals surface area contributed by atoms with Crippen LogP contribution in [0, 0.1) is 6.92 Å². The summed E-state index contributed by atoms with van der Waals surface area (Å²) in [6.45, 7) is 1.41. The van der Waals surface area contributed by atoms with Gasteiger partial charge in [0, 0.05) is 12.6 Å². The number of aromatic nitrogens is 2. The zero-order valence-corrected chi connectivity index (χ0v) is 41.3. The summed E-state index contributed by atoms with van der Waals surface area (Å²) in [5.74, 6) is 2.72. The molecule has 14 heteroatoms. The monoisotopic (exact) mass is 985 g/mol. The van der Waals surface area contributed by atoms with Gasteiger partial charge in [-0.2, -0.15) is 13.4 Å². The van der Waals surface area contributed by atoms with E-state index in [0.717, 1.165) is 38.9 Å². The quantitative estimate of drug-likeness (QED) is 0.0645. The van der Waals surface area contributed by atoms with E-state index in [2.05, 4.69) is 29.2 Å². The molecule has 0 amide bonds. The van der Waals surface area contributed by atoms with E-state index in [1.54, 1.807) is 52.8 Å². The summed E-state index contributed by atoms with van der Waals surface area (Å²) in [4.78, 5) is 22.6. The van der Waals surface area contributed by atoms with Gasteiger partial charge in [-0.15, -0.1) is 0 Å². The van der Waals surface area contributed by atoms with E-state index in [1.165, 1.54) is 16.7 Å². The van der Waals surface area contributed by atoms with Gasteiger partial charge in [0.25, 0.3) is 10.1 Å². The molecular weight excluding hydrogens is 931 g/mol. The number of benzene rings is 7. The highest BCUT2D eigenvalue weighted by Crippen LogP contribution is 2.56. The van der Waals surface area contributed by atoms with E-state index in [-0.39, 0.29) is 17.1 Å². The van der Waals surface area contributed by atoms with Crippen molar-refractivity contribution in [3.63, 3.8) is 0 Å². The van der Waals surface area contributed by atoms with Gasteiger partial charge in [-0.25, -0.2) is 4.79 Å². The van der Waals surface area contributed by atoms with Gasteiger partial charge in [0.2, 0.25) is 0 Å². The van der Waals surface area contributed by atoms with Crippen LogP contribution in [0.5, 0.6) is 23.0 Å². The number of methoxy groups -OCH3 is 4. The van der Waals surface area contributed by atoms with Crippen LogP contribution in [0.2, 0.25) is 0 Å². The van der Waals surface area contributed by atoms with E-state index in [1.807, 2.05) is 140 Å². The van der Waals surface area contributed by atoms with Gasteiger partial charge in [-0.05, 0) is 107 Å². The molecule has 0 saturated carbocycles. The smallest absolute Gasteiger partial charge is 0.351 e. The van der Waals surface area contributed by atoms with Crippen LogP contribution in [-0.4, -0.2) is 70.3 Å². The average Bonchev–Trinajstić information content (AvgIpc) is 3.83. The minimum Gasteiger partial charge on any atom is -0.497 e. The molecule has 0 radical (unpaired) electrons. The second-order valence-corrected chi connectivity index (χ2v) is 18.9. The Bertz CT molecular complexity index is 3010. The lowest BCUT2D eigenvalue weighted by atomic mass is 9.67. The first-order chi connectivity index (χ1) is 35.0. The van der Waals surface area contributed by atoms with Gasteiger partial charge in [0.15, 0.2) is 6.23 Å². The number of rotatable bonds is 18. The van der Waals surface area contributed by atoms with Crippen molar-refractivity contribution in [2.45, 2.75) is 47.8 Å². The van der Waals surface area contributed by atoms with Crippen molar-refractivity contribution in [3.05, 3.63) is 244 Å². The first-order valence-corrected chi connectivity index (χ1v) is 24.8. The Morgan fingerprint density at radius 3 is 1.33 bits per heavy atom. The van der Waals surface area contributed by atoms with Crippen LogP contribution in [-0.2, 0) is 30.1 Å². The van der Waals surface area contributed by atoms with Crippen molar-refractivity contribution in [1.82, 2.24) is 9.55 Å². The Hall–Kier alpha value is -7.75. The first-order valence-electron chi connectivity index (χ1n) is 23.3. The van der Waals surface area contributed by atoms with E-state index in [0.29, 0.717) is 23.0 Å².